The van der Waals surface area contributed by atoms with E-state index in [0.29, 0.717) is 28.9 Å². The number of carbonyl (C=O) groups excluding carboxylic acids is 2. The van der Waals surface area contributed by atoms with Crippen molar-refractivity contribution >= 4 is 35.1 Å². The molecule has 2 rings (SSSR count). The van der Waals surface area contributed by atoms with Gasteiger partial charge in [-0.25, -0.2) is 4.79 Å². The van der Waals surface area contributed by atoms with Crippen LogP contribution in [0.15, 0.2) is 48.5 Å². The van der Waals surface area contributed by atoms with Gasteiger partial charge in [-0.05, 0) is 30.7 Å². The lowest BCUT2D eigenvalue weighted by molar-refractivity contribution is -0.153. The van der Waals surface area contributed by atoms with Crippen LogP contribution in [0.3, 0.4) is 0 Å². The minimum Gasteiger partial charge on any atom is -0.480 e. The minimum atomic E-state index is -0.653. The van der Waals surface area contributed by atoms with Crippen molar-refractivity contribution in [1.82, 2.24) is 4.90 Å². The Morgan fingerprint density at radius 1 is 1.04 bits per heavy atom. The number of benzene rings is 2. The van der Waals surface area contributed by atoms with Gasteiger partial charge >= 0.3 is 5.97 Å². The van der Waals surface area contributed by atoms with Crippen molar-refractivity contribution in [2.75, 3.05) is 19.8 Å². The molecule has 0 unspecified atom stereocenters. The van der Waals surface area contributed by atoms with E-state index in [9.17, 15) is 9.59 Å². The number of carbonyl (C=O) groups is 2. The molecule has 0 heterocycles. The molecule has 0 bridgehead atoms. The molecule has 0 atom stereocenters. The summed E-state index contributed by atoms with van der Waals surface area (Å²) in [6.45, 7) is 2.16. The fourth-order valence-corrected chi connectivity index (χ4v) is 2.65. The molecule has 1 amide bonds. The van der Waals surface area contributed by atoms with Gasteiger partial charge in [-0.1, -0.05) is 53.5 Å². The van der Waals surface area contributed by atoms with Gasteiger partial charge in [0.15, 0.2) is 13.2 Å². The summed E-state index contributed by atoms with van der Waals surface area (Å²) in [6, 6.07) is 14.3. The van der Waals surface area contributed by atoms with E-state index < -0.39 is 5.97 Å². The second-order valence-electron chi connectivity index (χ2n) is 5.42. The molecule has 2 aromatic carbocycles. The van der Waals surface area contributed by atoms with E-state index in [-0.39, 0.29) is 19.1 Å². The molecule has 0 fully saturated rings. The Labute approximate surface area is 162 Å². The molecule has 26 heavy (non-hydrogen) atoms. The Morgan fingerprint density at radius 2 is 1.77 bits per heavy atom. The summed E-state index contributed by atoms with van der Waals surface area (Å²) in [5, 5.41) is 0.759. The average Bonchev–Trinajstić information content (AvgIpc) is 2.64. The van der Waals surface area contributed by atoms with Gasteiger partial charge in [0.05, 0.1) is 5.02 Å². The summed E-state index contributed by atoms with van der Waals surface area (Å²) in [7, 11) is 0. The monoisotopic (exact) mass is 395 g/mol. The molecular formula is C19H19Cl2NO4. The summed E-state index contributed by atoms with van der Waals surface area (Å²) >= 11 is 11.7. The lowest BCUT2D eigenvalue weighted by Gasteiger charge is -2.20. The average molecular weight is 396 g/mol. The second kappa shape index (κ2) is 10.0. The predicted octanol–water partition coefficient (Wildman–Crippen LogP) is 3.96. The Kier molecular flexibility index (Phi) is 7.75. The second-order valence-corrected chi connectivity index (χ2v) is 6.26. The fraction of sp³-hybridized carbons (Fsp3) is 0.263. The van der Waals surface area contributed by atoms with Crippen LogP contribution in [0.4, 0.5) is 0 Å². The van der Waals surface area contributed by atoms with E-state index in [1.165, 1.54) is 6.07 Å². The highest BCUT2D eigenvalue weighted by molar-refractivity contribution is 6.35. The topological polar surface area (TPSA) is 55.8 Å². The Morgan fingerprint density at radius 3 is 2.42 bits per heavy atom. The molecule has 0 aliphatic heterocycles. The van der Waals surface area contributed by atoms with Crippen LogP contribution in [-0.4, -0.2) is 36.5 Å². The van der Waals surface area contributed by atoms with E-state index in [1.54, 1.807) is 17.0 Å². The van der Waals surface area contributed by atoms with Crippen LogP contribution in [0, 0.1) is 0 Å². The van der Waals surface area contributed by atoms with Crippen molar-refractivity contribution in [3.8, 4) is 5.75 Å². The van der Waals surface area contributed by atoms with Gasteiger partial charge in [0, 0.05) is 18.1 Å². The molecule has 0 aromatic heterocycles. The van der Waals surface area contributed by atoms with Crippen LogP contribution in [0.5, 0.6) is 5.75 Å². The van der Waals surface area contributed by atoms with Gasteiger partial charge in [-0.2, -0.15) is 0 Å². The van der Waals surface area contributed by atoms with Crippen molar-refractivity contribution in [2.24, 2.45) is 0 Å². The molecule has 0 radical (unpaired) electrons. The molecular weight excluding hydrogens is 377 g/mol. The van der Waals surface area contributed by atoms with Gasteiger partial charge in [0.1, 0.15) is 5.75 Å². The Balaban J connectivity index is 1.79. The number of ether oxygens (including phenoxy) is 2. The maximum absolute atomic E-state index is 12.2. The van der Waals surface area contributed by atoms with Crippen LogP contribution in [-0.2, 0) is 20.9 Å². The van der Waals surface area contributed by atoms with E-state index in [2.05, 4.69) is 0 Å². The number of halogens is 2. The summed E-state index contributed by atoms with van der Waals surface area (Å²) in [4.78, 5) is 25.6. The van der Waals surface area contributed by atoms with Gasteiger partial charge in [-0.3, -0.25) is 4.79 Å². The maximum atomic E-state index is 12.2. The highest BCUT2D eigenvalue weighted by Crippen LogP contribution is 2.27. The fourth-order valence-electron chi connectivity index (χ4n) is 2.18. The zero-order valence-corrected chi connectivity index (χ0v) is 15.8. The number of hydrogen-bond acceptors (Lipinski definition) is 4. The number of rotatable bonds is 8. The van der Waals surface area contributed by atoms with Gasteiger partial charge < -0.3 is 14.4 Å². The zero-order chi connectivity index (χ0) is 18.9. The van der Waals surface area contributed by atoms with Gasteiger partial charge in [-0.15, -0.1) is 0 Å². The van der Waals surface area contributed by atoms with Crippen LogP contribution in [0.25, 0.3) is 0 Å². The van der Waals surface area contributed by atoms with Crippen LogP contribution < -0.4 is 4.74 Å². The first-order chi connectivity index (χ1) is 12.5. The summed E-state index contributed by atoms with van der Waals surface area (Å²) < 4.78 is 10.3. The molecule has 0 aliphatic carbocycles. The van der Waals surface area contributed by atoms with Crippen molar-refractivity contribution in [3.63, 3.8) is 0 Å². The first-order valence-electron chi connectivity index (χ1n) is 8.04. The van der Waals surface area contributed by atoms with Crippen molar-refractivity contribution in [1.29, 1.82) is 0 Å². The molecule has 0 saturated heterocycles. The molecule has 7 heteroatoms. The molecule has 0 saturated carbocycles. The standard InChI is InChI=1S/C19H19Cl2NO4/c1-2-22(11-14-6-4-3-5-7-14)18(23)12-26-19(24)13-25-17-9-8-15(20)10-16(17)21/h3-10H,2,11-13H2,1H3. The number of likely N-dealkylation sites (N-methyl/N-ethyl adjacent to an activating group) is 1. The lowest BCUT2D eigenvalue weighted by Crippen LogP contribution is -2.34. The van der Waals surface area contributed by atoms with E-state index >= 15 is 0 Å². The minimum absolute atomic E-state index is 0.269. The quantitative estimate of drug-likeness (QED) is 0.634. The molecule has 0 spiro atoms. The van der Waals surface area contributed by atoms with E-state index in [1.807, 2.05) is 37.3 Å². The summed E-state index contributed by atoms with van der Waals surface area (Å²) in [5.74, 6) is -0.604. The molecule has 0 N–H and O–H groups in total. The number of esters is 1. The third kappa shape index (κ3) is 6.24. The highest BCUT2D eigenvalue weighted by atomic mass is 35.5. The maximum Gasteiger partial charge on any atom is 0.344 e. The molecule has 5 nitrogen and oxygen atoms in total. The Hall–Kier alpha value is -2.24. The number of amides is 1. The van der Waals surface area contributed by atoms with Crippen molar-refractivity contribution in [3.05, 3.63) is 64.1 Å². The number of hydrogen-bond donors (Lipinski definition) is 0. The van der Waals surface area contributed by atoms with Crippen molar-refractivity contribution in [2.45, 2.75) is 13.5 Å². The predicted molar refractivity (Wildman–Crippen MR) is 100 cm³/mol. The zero-order valence-electron chi connectivity index (χ0n) is 14.3. The SMILES string of the molecule is CCN(Cc1ccccc1)C(=O)COC(=O)COc1ccc(Cl)cc1Cl. The van der Waals surface area contributed by atoms with E-state index in [0.717, 1.165) is 5.56 Å². The van der Waals surface area contributed by atoms with Crippen LogP contribution >= 0.6 is 23.2 Å². The first kappa shape index (κ1) is 20.1. The Bertz CT molecular complexity index is 752. The van der Waals surface area contributed by atoms with Crippen LogP contribution in [0.1, 0.15) is 12.5 Å². The summed E-state index contributed by atoms with van der Waals surface area (Å²) in [6.07, 6.45) is 0. The lowest BCUT2D eigenvalue weighted by atomic mass is 10.2. The van der Waals surface area contributed by atoms with E-state index in [4.69, 9.17) is 32.7 Å². The van der Waals surface area contributed by atoms with Gasteiger partial charge in [0.2, 0.25) is 0 Å². The largest absolute Gasteiger partial charge is 0.480 e. The smallest absolute Gasteiger partial charge is 0.344 e. The highest BCUT2D eigenvalue weighted by Gasteiger charge is 2.15. The first-order valence-corrected chi connectivity index (χ1v) is 8.80. The normalized spacial score (nSPS) is 10.3. The van der Waals surface area contributed by atoms with Crippen molar-refractivity contribution < 1.29 is 19.1 Å². The van der Waals surface area contributed by atoms with Crippen LogP contribution in [0.2, 0.25) is 10.0 Å². The third-order valence-electron chi connectivity index (χ3n) is 3.55. The summed E-state index contributed by atoms with van der Waals surface area (Å²) in [5.41, 5.74) is 1.01. The number of nitrogens with zero attached hydrogens (tertiary/aromatic N) is 1. The third-order valence-corrected chi connectivity index (χ3v) is 4.08. The van der Waals surface area contributed by atoms with Gasteiger partial charge in [0.25, 0.3) is 5.91 Å². The molecule has 2 aromatic rings. The molecule has 0 aliphatic rings. The molecule has 138 valence electrons.